The highest BCUT2D eigenvalue weighted by Crippen LogP contribution is 2.24. The Balaban J connectivity index is 2.83. The van der Waals surface area contributed by atoms with Gasteiger partial charge in [-0.05, 0) is 37.6 Å². The molecule has 3 nitrogen and oxygen atoms in total. The van der Waals surface area contributed by atoms with Crippen LogP contribution in [0.3, 0.4) is 0 Å². The summed E-state index contributed by atoms with van der Waals surface area (Å²) in [6.07, 6.45) is -4.88. The maximum Gasteiger partial charge on any atom is 0.471 e. The molecule has 0 heterocycles. The number of aryl methyl sites for hydroxylation is 1. The maximum absolute atomic E-state index is 12.0. The van der Waals surface area contributed by atoms with Crippen molar-refractivity contribution < 1.29 is 22.7 Å². The zero-order valence-electron chi connectivity index (χ0n) is 9.39. The van der Waals surface area contributed by atoms with E-state index in [1.54, 1.807) is 25.2 Å². The SMILES string of the molecule is CCOc1ccc(NC(=O)C(F)(F)F)c(C)c1. The van der Waals surface area contributed by atoms with Crippen molar-refractivity contribution in [2.45, 2.75) is 20.0 Å². The molecule has 1 aromatic rings. The normalized spacial score (nSPS) is 11.1. The summed E-state index contributed by atoms with van der Waals surface area (Å²) < 4.78 is 41.3. The van der Waals surface area contributed by atoms with Crippen LogP contribution in [-0.4, -0.2) is 18.7 Å². The van der Waals surface area contributed by atoms with Crippen LogP contribution in [0.4, 0.5) is 18.9 Å². The van der Waals surface area contributed by atoms with Crippen LogP contribution in [0.25, 0.3) is 0 Å². The lowest BCUT2D eigenvalue weighted by Crippen LogP contribution is -2.30. The number of rotatable bonds is 3. The molecule has 17 heavy (non-hydrogen) atoms. The molecule has 0 unspecified atom stereocenters. The zero-order valence-corrected chi connectivity index (χ0v) is 9.39. The molecule has 0 spiro atoms. The third-order valence-electron chi connectivity index (χ3n) is 2.01. The highest BCUT2D eigenvalue weighted by atomic mass is 19.4. The minimum absolute atomic E-state index is 0.121. The number of anilines is 1. The molecule has 1 rings (SSSR count). The number of alkyl halides is 3. The summed E-state index contributed by atoms with van der Waals surface area (Å²) in [6.45, 7) is 3.86. The van der Waals surface area contributed by atoms with E-state index in [0.29, 0.717) is 17.9 Å². The predicted molar refractivity (Wildman–Crippen MR) is 57.0 cm³/mol. The number of nitrogens with one attached hydrogen (secondary N) is 1. The molecule has 0 radical (unpaired) electrons. The van der Waals surface area contributed by atoms with Crippen LogP contribution in [-0.2, 0) is 4.79 Å². The van der Waals surface area contributed by atoms with Crippen LogP contribution in [0.1, 0.15) is 12.5 Å². The quantitative estimate of drug-likeness (QED) is 0.891. The highest BCUT2D eigenvalue weighted by molar-refractivity contribution is 5.95. The molecule has 0 aliphatic carbocycles. The van der Waals surface area contributed by atoms with Gasteiger partial charge in [0, 0.05) is 5.69 Å². The van der Waals surface area contributed by atoms with Crippen molar-refractivity contribution >= 4 is 11.6 Å². The van der Waals surface area contributed by atoms with Crippen molar-refractivity contribution in [1.29, 1.82) is 0 Å². The Hall–Kier alpha value is -1.72. The molecule has 0 saturated heterocycles. The van der Waals surface area contributed by atoms with Crippen molar-refractivity contribution in [2.75, 3.05) is 11.9 Å². The van der Waals surface area contributed by atoms with Crippen molar-refractivity contribution in [1.82, 2.24) is 0 Å². The lowest BCUT2D eigenvalue weighted by atomic mass is 10.2. The van der Waals surface area contributed by atoms with Gasteiger partial charge in [-0.2, -0.15) is 13.2 Å². The molecule has 6 heteroatoms. The Kier molecular flexibility index (Phi) is 3.98. The molecule has 1 amide bonds. The number of carbonyl (C=O) groups is 1. The number of ether oxygens (including phenoxy) is 1. The molecule has 0 bridgehead atoms. The molecular formula is C11H12F3NO2. The molecule has 0 aliphatic rings. The van der Waals surface area contributed by atoms with Gasteiger partial charge in [0.1, 0.15) is 5.75 Å². The molecular weight excluding hydrogens is 235 g/mol. The van der Waals surface area contributed by atoms with Crippen LogP contribution in [0.2, 0.25) is 0 Å². The van der Waals surface area contributed by atoms with Crippen molar-refractivity contribution in [3.05, 3.63) is 23.8 Å². The number of halogens is 3. The van der Waals surface area contributed by atoms with Gasteiger partial charge in [-0.3, -0.25) is 4.79 Å². The average Bonchev–Trinajstić information content (AvgIpc) is 2.21. The minimum atomic E-state index is -4.88. The smallest absolute Gasteiger partial charge is 0.471 e. The van der Waals surface area contributed by atoms with Gasteiger partial charge in [0.25, 0.3) is 0 Å². The number of carbonyl (C=O) groups excluding carboxylic acids is 1. The van der Waals surface area contributed by atoms with E-state index in [2.05, 4.69) is 0 Å². The number of benzene rings is 1. The molecule has 1 N–H and O–H groups in total. The summed E-state index contributed by atoms with van der Waals surface area (Å²) in [5, 5.41) is 1.80. The first kappa shape index (κ1) is 13.3. The predicted octanol–water partition coefficient (Wildman–Crippen LogP) is 2.89. The fourth-order valence-corrected chi connectivity index (χ4v) is 1.23. The zero-order chi connectivity index (χ0) is 13.1. The van der Waals surface area contributed by atoms with E-state index in [-0.39, 0.29) is 5.69 Å². The van der Waals surface area contributed by atoms with Crippen LogP contribution in [0, 0.1) is 6.92 Å². The molecule has 1 aromatic carbocycles. The Morgan fingerprint density at radius 2 is 2.06 bits per heavy atom. The topological polar surface area (TPSA) is 38.3 Å². The van der Waals surface area contributed by atoms with Gasteiger partial charge in [0.2, 0.25) is 0 Å². The highest BCUT2D eigenvalue weighted by Gasteiger charge is 2.38. The fraction of sp³-hybridized carbons (Fsp3) is 0.364. The first-order valence-corrected chi connectivity index (χ1v) is 4.96. The van der Waals surface area contributed by atoms with E-state index in [0.717, 1.165) is 0 Å². The molecule has 0 atom stereocenters. The van der Waals surface area contributed by atoms with Crippen LogP contribution < -0.4 is 10.1 Å². The second kappa shape index (κ2) is 5.07. The molecule has 0 aromatic heterocycles. The van der Waals surface area contributed by atoms with Gasteiger partial charge in [0.05, 0.1) is 6.61 Å². The van der Waals surface area contributed by atoms with Gasteiger partial charge in [-0.1, -0.05) is 0 Å². The van der Waals surface area contributed by atoms with Crippen molar-refractivity contribution in [3.8, 4) is 5.75 Å². The third kappa shape index (κ3) is 3.65. The minimum Gasteiger partial charge on any atom is -0.494 e. The van der Waals surface area contributed by atoms with Gasteiger partial charge in [0.15, 0.2) is 0 Å². The summed E-state index contributed by atoms with van der Waals surface area (Å²) in [5.74, 6) is -1.43. The van der Waals surface area contributed by atoms with Gasteiger partial charge in [-0.25, -0.2) is 0 Å². The number of hydrogen-bond acceptors (Lipinski definition) is 2. The van der Waals surface area contributed by atoms with E-state index in [1.165, 1.54) is 12.1 Å². The first-order valence-electron chi connectivity index (χ1n) is 4.96. The second-order valence-electron chi connectivity index (χ2n) is 3.36. The third-order valence-corrected chi connectivity index (χ3v) is 2.01. The standard InChI is InChI=1S/C11H12F3NO2/c1-3-17-8-4-5-9(7(2)6-8)15-10(16)11(12,13)14/h4-6H,3H2,1-2H3,(H,15,16). The van der Waals surface area contributed by atoms with Crippen LogP contribution in [0.5, 0.6) is 5.75 Å². The lowest BCUT2D eigenvalue weighted by Gasteiger charge is -2.11. The van der Waals surface area contributed by atoms with Crippen molar-refractivity contribution in [3.63, 3.8) is 0 Å². The Labute approximate surface area is 96.6 Å². The van der Waals surface area contributed by atoms with E-state index >= 15 is 0 Å². The fourth-order valence-electron chi connectivity index (χ4n) is 1.23. The van der Waals surface area contributed by atoms with Crippen LogP contribution in [0.15, 0.2) is 18.2 Å². The Morgan fingerprint density at radius 3 is 2.53 bits per heavy atom. The average molecular weight is 247 g/mol. The summed E-state index contributed by atoms with van der Waals surface area (Å²) >= 11 is 0. The molecule has 0 fully saturated rings. The number of amides is 1. The van der Waals surface area contributed by atoms with E-state index in [9.17, 15) is 18.0 Å². The molecule has 94 valence electrons. The first-order chi connectivity index (χ1) is 7.84. The number of hydrogen-bond donors (Lipinski definition) is 1. The Morgan fingerprint density at radius 1 is 1.41 bits per heavy atom. The van der Waals surface area contributed by atoms with E-state index < -0.39 is 12.1 Å². The Bertz CT molecular complexity index is 416. The summed E-state index contributed by atoms with van der Waals surface area (Å²) in [5.41, 5.74) is 0.629. The largest absolute Gasteiger partial charge is 0.494 e. The molecule has 0 saturated carbocycles. The summed E-state index contributed by atoms with van der Waals surface area (Å²) in [4.78, 5) is 10.7. The maximum atomic E-state index is 12.0. The second-order valence-corrected chi connectivity index (χ2v) is 3.36. The monoisotopic (exact) mass is 247 g/mol. The van der Waals surface area contributed by atoms with Gasteiger partial charge < -0.3 is 10.1 Å². The van der Waals surface area contributed by atoms with Gasteiger partial charge in [-0.15, -0.1) is 0 Å². The molecule has 0 aliphatic heterocycles. The lowest BCUT2D eigenvalue weighted by molar-refractivity contribution is -0.167. The van der Waals surface area contributed by atoms with Crippen molar-refractivity contribution in [2.24, 2.45) is 0 Å². The summed E-state index contributed by atoms with van der Waals surface area (Å²) in [7, 11) is 0. The van der Waals surface area contributed by atoms with Crippen LogP contribution >= 0.6 is 0 Å². The van der Waals surface area contributed by atoms with E-state index in [1.807, 2.05) is 0 Å². The summed E-state index contributed by atoms with van der Waals surface area (Å²) in [6, 6.07) is 4.45. The van der Waals surface area contributed by atoms with E-state index in [4.69, 9.17) is 4.74 Å². The van der Waals surface area contributed by atoms with Gasteiger partial charge >= 0.3 is 12.1 Å².